The van der Waals surface area contributed by atoms with E-state index >= 15 is 0 Å². The van der Waals surface area contributed by atoms with Crippen molar-refractivity contribution in [2.24, 2.45) is 5.73 Å². The molecule has 1 aliphatic carbocycles. The third-order valence-corrected chi connectivity index (χ3v) is 4.46. The molecule has 19 heavy (non-hydrogen) atoms. The van der Waals surface area contributed by atoms with Crippen LogP contribution in [-0.4, -0.2) is 47.3 Å². The van der Waals surface area contributed by atoms with Crippen molar-refractivity contribution < 1.29 is 0 Å². The maximum atomic E-state index is 5.78. The Kier molecular flexibility index (Phi) is 3.94. The second-order valence-corrected chi connectivity index (χ2v) is 5.55. The summed E-state index contributed by atoms with van der Waals surface area (Å²) in [7, 11) is 0. The predicted molar refractivity (Wildman–Crippen MR) is 76.0 cm³/mol. The highest BCUT2D eigenvalue weighted by Gasteiger charge is 2.27. The molecule has 1 aromatic heterocycles. The molecule has 5 heteroatoms. The van der Waals surface area contributed by atoms with Crippen molar-refractivity contribution in [1.82, 2.24) is 15.1 Å². The van der Waals surface area contributed by atoms with Crippen LogP contribution in [0.1, 0.15) is 31.2 Å². The second kappa shape index (κ2) is 5.84. The molecule has 2 heterocycles. The molecule has 1 aliphatic heterocycles. The van der Waals surface area contributed by atoms with Crippen LogP contribution in [-0.2, 0) is 6.54 Å². The van der Waals surface area contributed by atoms with Gasteiger partial charge in [-0.2, -0.15) is 5.10 Å². The Morgan fingerprint density at radius 3 is 2.58 bits per heavy atom. The molecule has 0 unspecified atom stereocenters. The molecular formula is C14H23N5. The van der Waals surface area contributed by atoms with E-state index in [0.29, 0.717) is 6.54 Å². The van der Waals surface area contributed by atoms with Crippen molar-refractivity contribution in [2.45, 2.75) is 38.3 Å². The van der Waals surface area contributed by atoms with Crippen molar-refractivity contribution >= 4 is 5.82 Å². The normalized spacial score (nSPS) is 22.1. The summed E-state index contributed by atoms with van der Waals surface area (Å²) in [4.78, 5) is 4.99. The number of rotatable bonds is 3. The van der Waals surface area contributed by atoms with Crippen molar-refractivity contribution in [2.75, 3.05) is 31.1 Å². The second-order valence-electron chi connectivity index (χ2n) is 5.55. The summed E-state index contributed by atoms with van der Waals surface area (Å²) in [6.07, 6.45) is 7.32. The van der Waals surface area contributed by atoms with Gasteiger partial charge in [-0.1, -0.05) is 12.8 Å². The van der Waals surface area contributed by atoms with Crippen LogP contribution in [0.2, 0.25) is 0 Å². The lowest BCUT2D eigenvalue weighted by Gasteiger charge is -2.38. The quantitative estimate of drug-likeness (QED) is 0.879. The first-order chi connectivity index (χ1) is 9.38. The molecule has 3 rings (SSSR count). The van der Waals surface area contributed by atoms with E-state index in [1.807, 2.05) is 6.07 Å². The Bertz CT molecular complexity index is 408. The highest BCUT2D eigenvalue weighted by Crippen LogP contribution is 2.25. The van der Waals surface area contributed by atoms with E-state index in [4.69, 9.17) is 5.73 Å². The van der Waals surface area contributed by atoms with Gasteiger partial charge in [0.05, 0.1) is 6.20 Å². The molecular weight excluding hydrogens is 238 g/mol. The van der Waals surface area contributed by atoms with E-state index in [9.17, 15) is 0 Å². The van der Waals surface area contributed by atoms with Gasteiger partial charge < -0.3 is 10.6 Å². The Balaban J connectivity index is 1.63. The zero-order valence-electron chi connectivity index (χ0n) is 11.5. The Labute approximate surface area is 114 Å². The average molecular weight is 261 g/mol. The van der Waals surface area contributed by atoms with Crippen molar-refractivity contribution in [3.63, 3.8) is 0 Å². The largest absolute Gasteiger partial charge is 0.352 e. The summed E-state index contributed by atoms with van der Waals surface area (Å²) < 4.78 is 0. The zero-order valence-corrected chi connectivity index (χ0v) is 11.5. The highest BCUT2D eigenvalue weighted by molar-refractivity contribution is 5.45. The minimum absolute atomic E-state index is 0.535. The van der Waals surface area contributed by atoms with Gasteiger partial charge in [0.15, 0.2) is 5.82 Å². The number of hydrogen-bond acceptors (Lipinski definition) is 5. The first-order valence-corrected chi connectivity index (χ1v) is 7.38. The predicted octanol–water partition coefficient (Wildman–Crippen LogP) is 1.000. The summed E-state index contributed by atoms with van der Waals surface area (Å²) in [6, 6.07) is 2.81. The van der Waals surface area contributed by atoms with Gasteiger partial charge in [-0.25, -0.2) is 0 Å². The van der Waals surface area contributed by atoms with Gasteiger partial charge in [-0.15, -0.1) is 5.10 Å². The lowest BCUT2D eigenvalue weighted by molar-refractivity contribution is 0.187. The standard InChI is InChI=1S/C14H23N5/c15-11-12-5-6-16-17-14(12)19-9-7-18(8-10-19)13-3-1-2-4-13/h5-6,13H,1-4,7-11,15H2. The molecule has 0 bridgehead atoms. The number of piperazine rings is 1. The number of anilines is 1. The van der Waals surface area contributed by atoms with Gasteiger partial charge in [0.2, 0.25) is 0 Å². The summed E-state index contributed by atoms with van der Waals surface area (Å²) in [5, 5.41) is 8.28. The van der Waals surface area contributed by atoms with Gasteiger partial charge in [0.1, 0.15) is 0 Å². The molecule has 2 N–H and O–H groups in total. The monoisotopic (exact) mass is 261 g/mol. The lowest BCUT2D eigenvalue weighted by atomic mass is 10.1. The van der Waals surface area contributed by atoms with E-state index in [0.717, 1.165) is 43.6 Å². The molecule has 1 saturated heterocycles. The molecule has 0 aromatic carbocycles. The van der Waals surface area contributed by atoms with Crippen molar-refractivity contribution in [1.29, 1.82) is 0 Å². The number of hydrogen-bond donors (Lipinski definition) is 1. The van der Waals surface area contributed by atoms with E-state index in [2.05, 4.69) is 20.0 Å². The third-order valence-electron chi connectivity index (χ3n) is 4.46. The van der Waals surface area contributed by atoms with Crippen LogP contribution in [0.15, 0.2) is 12.3 Å². The molecule has 5 nitrogen and oxygen atoms in total. The molecule has 2 fully saturated rings. The molecule has 2 aliphatic rings. The average Bonchev–Trinajstić information content (AvgIpc) is 3.02. The Morgan fingerprint density at radius 2 is 1.89 bits per heavy atom. The molecule has 0 radical (unpaired) electrons. The fourth-order valence-electron chi connectivity index (χ4n) is 3.34. The fourth-order valence-corrected chi connectivity index (χ4v) is 3.34. The first kappa shape index (κ1) is 12.8. The maximum absolute atomic E-state index is 5.78. The van der Waals surface area contributed by atoms with E-state index in [1.165, 1.54) is 25.7 Å². The van der Waals surface area contributed by atoms with Crippen molar-refractivity contribution in [3.05, 3.63) is 17.8 Å². The topological polar surface area (TPSA) is 58.3 Å². The maximum Gasteiger partial charge on any atom is 0.155 e. The highest BCUT2D eigenvalue weighted by atomic mass is 15.3. The first-order valence-electron chi connectivity index (χ1n) is 7.38. The lowest BCUT2D eigenvalue weighted by Crippen LogP contribution is -2.50. The molecule has 1 saturated carbocycles. The SMILES string of the molecule is NCc1ccnnc1N1CCN(C2CCCC2)CC1. The summed E-state index contributed by atoms with van der Waals surface area (Å²) in [5.41, 5.74) is 6.88. The van der Waals surface area contributed by atoms with E-state index < -0.39 is 0 Å². The molecule has 0 amide bonds. The summed E-state index contributed by atoms with van der Waals surface area (Å²) in [6.45, 7) is 4.91. The number of nitrogens with zero attached hydrogens (tertiary/aromatic N) is 4. The summed E-state index contributed by atoms with van der Waals surface area (Å²) >= 11 is 0. The van der Waals surface area contributed by atoms with Crippen LogP contribution >= 0.6 is 0 Å². The summed E-state index contributed by atoms with van der Waals surface area (Å²) in [5.74, 6) is 0.982. The molecule has 0 atom stereocenters. The van der Waals surface area contributed by atoms with Gasteiger partial charge >= 0.3 is 0 Å². The number of aromatic nitrogens is 2. The van der Waals surface area contributed by atoms with Crippen LogP contribution in [0.3, 0.4) is 0 Å². The Morgan fingerprint density at radius 1 is 1.16 bits per heavy atom. The van der Waals surface area contributed by atoms with Gasteiger partial charge in [-0.3, -0.25) is 4.90 Å². The smallest absolute Gasteiger partial charge is 0.155 e. The van der Waals surface area contributed by atoms with Crippen LogP contribution in [0, 0.1) is 0 Å². The van der Waals surface area contributed by atoms with Crippen LogP contribution in [0.25, 0.3) is 0 Å². The minimum Gasteiger partial charge on any atom is -0.352 e. The van der Waals surface area contributed by atoms with Gasteiger partial charge in [0.25, 0.3) is 0 Å². The van der Waals surface area contributed by atoms with Crippen molar-refractivity contribution in [3.8, 4) is 0 Å². The third kappa shape index (κ3) is 2.72. The van der Waals surface area contributed by atoms with E-state index in [-0.39, 0.29) is 0 Å². The zero-order chi connectivity index (χ0) is 13.1. The van der Waals surface area contributed by atoms with Gasteiger partial charge in [-0.05, 0) is 18.9 Å². The molecule has 1 aromatic rings. The van der Waals surface area contributed by atoms with Gasteiger partial charge in [0, 0.05) is 44.3 Å². The fraction of sp³-hybridized carbons (Fsp3) is 0.714. The Hall–Kier alpha value is -1.20. The van der Waals surface area contributed by atoms with Crippen LogP contribution in [0.4, 0.5) is 5.82 Å². The van der Waals surface area contributed by atoms with Crippen LogP contribution < -0.4 is 10.6 Å². The van der Waals surface area contributed by atoms with E-state index in [1.54, 1.807) is 6.20 Å². The number of nitrogens with two attached hydrogens (primary N) is 1. The molecule has 0 spiro atoms. The minimum atomic E-state index is 0.535. The van der Waals surface area contributed by atoms with Crippen LogP contribution in [0.5, 0.6) is 0 Å². The molecule has 104 valence electrons.